The summed E-state index contributed by atoms with van der Waals surface area (Å²) in [5.74, 6) is -12.7. The number of fused-ring (bicyclic) bond motifs is 3. The number of rotatable bonds is 22. The van der Waals surface area contributed by atoms with Gasteiger partial charge in [0, 0.05) is 143 Å². The molecule has 8 heterocycles. The molecule has 6 aromatic heterocycles. The molecule has 3 amide bonds. The number of hydrogen-bond acceptors (Lipinski definition) is 20. The number of hydrogen-bond donors (Lipinski definition) is 4. The summed E-state index contributed by atoms with van der Waals surface area (Å²) in [4.78, 5) is 133. The van der Waals surface area contributed by atoms with Crippen molar-refractivity contribution in [2.24, 2.45) is 21.1 Å². The first-order chi connectivity index (χ1) is 69.9. The van der Waals surface area contributed by atoms with Gasteiger partial charge in [-0.15, -0.1) is 0 Å². The molecule has 0 aliphatic carbocycles. The molecule has 12 aromatic rings. The monoisotopic (exact) mass is 2090 g/mol. The van der Waals surface area contributed by atoms with E-state index in [0.29, 0.717) is 23.8 Å². The number of halogens is 22. The quantitative estimate of drug-likeness (QED) is 0.0278. The maximum Gasteiger partial charge on any atom is 0.417 e. The second kappa shape index (κ2) is 43.7. The lowest BCUT2D eigenvalue weighted by Crippen LogP contribution is -2.53. The largest absolute Gasteiger partial charge is 0.467 e. The summed E-state index contributed by atoms with van der Waals surface area (Å²) in [6, 6.07) is 12.2. The summed E-state index contributed by atoms with van der Waals surface area (Å²) in [7, 11) is 6.96. The molecule has 26 nitrogen and oxygen atoms in total. The summed E-state index contributed by atoms with van der Waals surface area (Å²) in [5.41, 5.74) is -12.7. The predicted molar refractivity (Wildman–Crippen MR) is 491 cm³/mol. The van der Waals surface area contributed by atoms with E-state index in [1.807, 2.05) is 5.32 Å². The third kappa shape index (κ3) is 24.1. The zero-order valence-electron chi connectivity index (χ0n) is 81.8. The van der Waals surface area contributed by atoms with E-state index < -0.39 is 249 Å². The van der Waals surface area contributed by atoms with Crippen molar-refractivity contribution in [3.63, 3.8) is 0 Å². The zero-order chi connectivity index (χ0) is 111. The molecule has 2 aliphatic rings. The van der Waals surface area contributed by atoms with Gasteiger partial charge < -0.3 is 68.5 Å². The van der Waals surface area contributed by atoms with Crippen molar-refractivity contribution < 1.29 is 153 Å². The summed E-state index contributed by atoms with van der Waals surface area (Å²) < 4.78 is 361. The molecule has 6 aromatic carbocycles. The van der Waals surface area contributed by atoms with Crippen molar-refractivity contribution in [3.05, 3.63) is 279 Å². The number of esters is 3. The second-order valence-corrected chi connectivity index (χ2v) is 33.9. The predicted octanol–water partition coefficient (Wildman–Crippen LogP) is 17.4. The van der Waals surface area contributed by atoms with Gasteiger partial charge in [-0.2, -0.15) is 79.0 Å². The molecule has 6 atom stereocenters. The highest BCUT2D eigenvalue weighted by Gasteiger charge is 2.49. The highest BCUT2D eigenvalue weighted by atomic mass is 19.4. The lowest BCUT2D eigenvalue weighted by molar-refractivity contribution is -0.167. The van der Waals surface area contributed by atoms with E-state index in [1.165, 1.54) is 146 Å². The Morgan fingerprint density at radius 2 is 0.728 bits per heavy atom. The molecule has 2 aliphatic heterocycles. The summed E-state index contributed by atoms with van der Waals surface area (Å²) in [6.45, 7) is 0.725. The van der Waals surface area contributed by atoms with E-state index in [-0.39, 0.29) is 122 Å². The number of aryl methyl sites for hydroxylation is 5. The first kappa shape index (κ1) is 106. The van der Waals surface area contributed by atoms with Crippen molar-refractivity contribution in [1.82, 2.24) is 44.6 Å². The van der Waals surface area contributed by atoms with Gasteiger partial charge in [0.1, 0.15) is 65.1 Å². The lowest BCUT2D eigenvalue weighted by Gasteiger charge is -2.38. The van der Waals surface area contributed by atoms with Crippen LogP contribution in [0, 0.1) is 57.8 Å². The molecule has 48 heteroatoms. The lowest BCUT2D eigenvalue weighted by atomic mass is 9.93. The summed E-state index contributed by atoms with van der Waals surface area (Å²) in [5, 5.41) is 9.32. The van der Waals surface area contributed by atoms with Crippen LogP contribution in [0.3, 0.4) is 0 Å². The minimum Gasteiger partial charge on any atom is -0.467 e. The molecular weight excluding hydrogens is 2000 g/mol. The van der Waals surface area contributed by atoms with Crippen LogP contribution in [0.5, 0.6) is 0 Å². The van der Waals surface area contributed by atoms with Gasteiger partial charge >= 0.3 is 55.0 Å². The molecule has 4 N–H and O–H groups in total. The van der Waals surface area contributed by atoms with Crippen LogP contribution in [0.1, 0.15) is 104 Å². The number of anilines is 3. The number of benzene rings is 6. The second-order valence-electron chi connectivity index (χ2n) is 33.9. The van der Waals surface area contributed by atoms with Crippen LogP contribution in [0.4, 0.5) is 114 Å². The Kier molecular flexibility index (Phi) is 31.6. The highest BCUT2D eigenvalue weighted by Crippen LogP contribution is 2.45. The van der Waals surface area contributed by atoms with Gasteiger partial charge in [-0.3, -0.25) is 43.7 Å². The Morgan fingerprint density at radius 3 is 1.02 bits per heavy atom. The van der Waals surface area contributed by atoms with Crippen LogP contribution in [-0.4, -0.2) is 180 Å². The number of carbonyl (C=O) groups excluding carboxylic acids is 6. The van der Waals surface area contributed by atoms with Gasteiger partial charge in [0.25, 0.3) is 34.4 Å². The third-order valence-corrected chi connectivity index (χ3v) is 24.6. The smallest absolute Gasteiger partial charge is 0.417 e. The van der Waals surface area contributed by atoms with Gasteiger partial charge in [0.05, 0.1) is 109 Å². The SMILES string of the molecule is COC(=O)[C@H](Cc1ccc(-c2c(C(F)(F)F)cc(C)n(C)c2=O)c2ncccc12)NC(=O)c1c(C)cc(N2CCOC[C@@H]2C(F)(F)F)cc1F.COC(=O)[C@H](Cc1ccc(-c2c(C(F)(F)F)cc(C)n(C)c2=O)c2ncccc12)NC(=O)c1c(F)cc(N[C@H](C)C(F)(F)F)cc1F.[2H]C([2H])([2H])c1cc(N2CCOC[C@@H]2C(F)(F)F)cc(F)c1C(=O)N[C@@H](Cc1ccc(-c2c(C(F)(F)F)cc(C)n(C)c2=O)c2ncccc12)C(=O)OC. The van der Waals surface area contributed by atoms with E-state index >= 15 is 8.78 Å². The minimum absolute atomic E-state index is 0.00678. The van der Waals surface area contributed by atoms with E-state index in [1.54, 1.807) is 0 Å². The topological polar surface area (TPSA) is 308 Å². The number of ether oxygens (including phenoxy) is 5. The Bertz CT molecular complexity index is 7410. The molecule has 782 valence electrons. The fraction of sp³-hybridized carbons (Fsp3) is 0.333. The minimum atomic E-state index is -4.92. The van der Waals surface area contributed by atoms with Gasteiger partial charge in [0.15, 0.2) is 0 Å². The van der Waals surface area contributed by atoms with Crippen LogP contribution in [-0.2, 0) is 97.0 Å². The molecule has 0 unspecified atom stereocenters. The summed E-state index contributed by atoms with van der Waals surface area (Å²) >= 11 is 0. The third-order valence-electron chi connectivity index (χ3n) is 24.6. The van der Waals surface area contributed by atoms with E-state index in [9.17, 15) is 131 Å². The molecule has 2 saturated heterocycles. The first-order valence-electron chi connectivity index (χ1n) is 45.3. The number of amides is 3. The average molecular weight is 2090 g/mol. The van der Waals surface area contributed by atoms with Crippen LogP contribution < -0.4 is 47.7 Å². The number of morpholine rings is 2. The Labute approximate surface area is 823 Å². The molecule has 0 radical (unpaired) electrons. The molecule has 147 heavy (non-hydrogen) atoms. The maximum atomic E-state index is 15.8. The van der Waals surface area contributed by atoms with Crippen molar-refractivity contribution in [2.75, 3.05) is 76.0 Å². The maximum absolute atomic E-state index is 15.8. The Hall–Kier alpha value is -15.0. The van der Waals surface area contributed by atoms with Crippen molar-refractivity contribution in [1.29, 1.82) is 0 Å². The van der Waals surface area contributed by atoms with Crippen LogP contribution in [0.15, 0.2) is 160 Å². The number of alkyl halides is 18. The fourth-order valence-electron chi connectivity index (χ4n) is 16.8. The van der Waals surface area contributed by atoms with Gasteiger partial charge in [0.2, 0.25) is 0 Å². The molecule has 0 bridgehead atoms. The van der Waals surface area contributed by atoms with Gasteiger partial charge in [-0.1, -0.05) is 54.6 Å². The molecule has 0 spiro atoms. The van der Waals surface area contributed by atoms with Crippen LogP contribution in [0.25, 0.3) is 66.1 Å². The van der Waals surface area contributed by atoms with Crippen molar-refractivity contribution in [3.8, 4) is 33.4 Å². The van der Waals surface area contributed by atoms with Gasteiger partial charge in [-0.05, 0) is 142 Å². The number of pyridine rings is 6. The fourth-order valence-corrected chi connectivity index (χ4v) is 16.8. The molecule has 2 fully saturated rings. The normalized spacial score (nSPS) is 15.5. The van der Waals surface area contributed by atoms with Crippen molar-refractivity contribution in [2.45, 2.75) is 134 Å². The van der Waals surface area contributed by atoms with E-state index in [2.05, 4.69) is 30.9 Å². The van der Waals surface area contributed by atoms with Crippen LogP contribution in [0.2, 0.25) is 0 Å². The number of nitrogens with one attached hydrogen (secondary N) is 4. The number of nitrogens with zero attached hydrogens (tertiary/aromatic N) is 8. The molecule has 14 rings (SSSR count). The number of methoxy groups -OCH3 is 3. The number of aromatic nitrogens is 6. The molecular formula is C99H88F22N12O14. The Morgan fingerprint density at radius 1 is 0.429 bits per heavy atom. The van der Waals surface area contributed by atoms with Gasteiger partial charge in [-0.25, -0.2) is 31.9 Å². The van der Waals surface area contributed by atoms with E-state index in [0.717, 1.165) is 82.1 Å². The number of carbonyl (C=O) groups is 6. The first-order valence-corrected chi connectivity index (χ1v) is 43.8. The molecule has 0 saturated carbocycles. The standard InChI is InChI=1S/2C34H31F7N4O5.C31H26F8N4O4/c2*1-17-12-20(45-10-11-50-16-26(45)34(39,40)41)15-24(35)27(17)30(46)43-25(32(48)49-4)14-19-7-8-22(29-21(19)6-5-9-42-29)28-23(33(36,37)38)13-18(2)44(3)31(28)47;1-14-10-20(31(37,38)39)24(28(45)43(14)3)19-8-7-16(18-6-5-9-40-26(18)19)11-23(29(46)47-4)42-27(44)25-21(32)12-17(13-22(25)33)41-15(2)30(34,35)36/h2*5-9,12-13,15,25-26H,10-11,14,16H2,1-4H3,(H,43,46);5-10,12-13,15,23,41H,11H2,1-4H3,(H,42,44)/t2*25-,26+;15-,23+/m001/s1/i1D3;;. The Balaban J connectivity index is 0.000000200. The van der Waals surface area contributed by atoms with E-state index in [4.69, 9.17) is 27.8 Å². The van der Waals surface area contributed by atoms with Crippen molar-refractivity contribution >= 4 is 85.4 Å². The highest BCUT2D eigenvalue weighted by molar-refractivity contribution is 6.03. The van der Waals surface area contributed by atoms with Crippen LogP contribution >= 0.6 is 0 Å². The average Bonchev–Trinajstić information content (AvgIpc) is 0.747. The zero-order valence-corrected chi connectivity index (χ0v) is 78.8. The summed E-state index contributed by atoms with van der Waals surface area (Å²) in [6.07, 6.45) is -26.2.